The molecule has 0 aliphatic heterocycles. The molecule has 1 amide bonds. The first kappa shape index (κ1) is 16.2. The Labute approximate surface area is 144 Å². The second-order valence-electron chi connectivity index (χ2n) is 5.37. The van der Waals surface area contributed by atoms with Crippen molar-refractivity contribution in [2.75, 3.05) is 0 Å². The number of pyridine rings is 1. The Kier molecular flexibility index (Phi) is 4.61. The number of nitrogens with zero attached hydrogens (tertiary/aromatic N) is 5. The van der Waals surface area contributed by atoms with Crippen LogP contribution in [-0.2, 0) is 13.2 Å². The summed E-state index contributed by atoms with van der Waals surface area (Å²) in [5, 5.41) is 12.1. The van der Waals surface area contributed by atoms with E-state index >= 15 is 0 Å². The summed E-state index contributed by atoms with van der Waals surface area (Å²) in [7, 11) is 0. The minimum atomic E-state index is -0.245. The maximum Gasteiger partial charge on any atom is 0.272 e. The van der Waals surface area contributed by atoms with Gasteiger partial charge in [0.1, 0.15) is 12.4 Å². The van der Waals surface area contributed by atoms with Gasteiger partial charge in [-0.1, -0.05) is 17.7 Å². The first-order valence-electron chi connectivity index (χ1n) is 7.45. The number of aromatic nitrogens is 5. The topological polar surface area (TPSA) is 77.6 Å². The van der Waals surface area contributed by atoms with E-state index in [-0.39, 0.29) is 5.91 Å². The zero-order chi connectivity index (χ0) is 17.1. The van der Waals surface area contributed by atoms with E-state index in [1.54, 1.807) is 27.8 Å². The number of nitrogens with one attached hydrogen (secondary N) is 1. The highest BCUT2D eigenvalue weighted by Crippen LogP contribution is 2.18. The van der Waals surface area contributed by atoms with E-state index in [1.165, 1.54) is 0 Å². The average molecular weight is 345 g/mol. The fourth-order valence-corrected chi connectivity index (χ4v) is 2.41. The Balaban J connectivity index is 1.64. The third kappa shape index (κ3) is 3.46. The van der Waals surface area contributed by atoms with Crippen LogP contribution in [0.5, 0.6) is 0 Å². The first-order valence-corrected chi connectivity index (χ1v) is 7.83. The third-order valence-electron chi connectivity index (χ3n) is 3.60. The fourth-order valence-electron chi connectivity index (χ4n) is 2.28. The van der Waals surface area contributed by atoms with E-state index < -0.39 is 0 Å². The summed E-state index contributed by atoms with van der Waals surface area (Å²) in [6.45, 7) is 4.50. The molecule has 24 heavy (non-hydrogen) atoms. The van der Waals surface area contributed by atoms with Crippen LogP contribution in [-0.4, -0.2) is 30.5 Å². The van der Waals surface area contributed by atoms with E-state index in [1.807, 2.05) is 32.0 Å². The van der Waals surface area contributed by atoms with Gasteiger partial charge in [-0.15, -0.1) is 0 Å². The Morgan fingerprint density at radius 1 is 1.25 bits per heavy atom. The van der Waals surface area contributed by atoms with Gasteiger partial charge in [-0.2, -0.15) is 10.2 Å². The average Bonchev–Trinajstić information content (AvgIpc) is 3.15. The third-order valence-corrected chi connectivity index (χ3v) is 4.15. The minimum absolute atomic E-state index is 0.245. The highest BCUT2D eigenvalue weighted by Gasteiger charge is 2.12. The molecule has 3 aromatic rings. The van der Waals surface area contributed by atoms with Crippen molar-refractivity contribution in [1.29, 1.82) is 0 Å². The van der Waals surface area contributed by atoms with Crippen LogP contribution in [0.3, 0.4) is 0 Å². The van der Waals surface area contributed by atoms with Crippen molar-refractivity contribution in [3.8, 4) is 0 Å². The Morgan fingerprint density at radius 2 is 2.08 bits per heavy atom. The molecule has 8 heteroatoms. The van der Waals surface area contributed by atoms with Crippen molar-refractivity contribution in [3.05, 3.63) is 64.5 Å². The zero-order valence-corrected chi connectivity index (χ0v) is 14.2. The maximum atomic E-state index is 12.2. The molecule has 1 N–H and O–H groups in total. The SMILES string of the molecule is Cc1nn(Cn2ccc(C(=O)NCc3ccccn3)n2)c(C)c1Cl. The highest BCUT2D eigenvalue weighted by molar-refractivity contribution is 6.31. The maximum absolute atomic E-state index is 12.2. The molecule has 3 rings (SSSR count). The quantitative estimate of drug-likeness (QED) is 0.769. The van der Waals surface area contributed by atoms with Gasteiger partial charge in [-0.05, 0) is 32.0 Å². The predicted octanol–water partition coefficient (Wildman–Crippen LogP) is 2.18. The lowest BCUT2D eigenvalue weighted by molar-refractivity contribution is 0.0944. The zero-order valence-electron chi connectivity index (χ0n) is 13.4. The fraction of sp³-hybridized carbons (Fsp3) is 0.250. The minimum Gasteiger partial charge on any atom is -0.345 e. The Hall–Kier alpha value is -2.67. The van der Waals surface area contributed by atoms with E-state index in [2.05, 4.69) is 20.5 Å². The molecule has 124 valence electrons. The van der Waals surface area contributed by atoms with Gasteiger partial charge in [0, 0.05) is 12.4 Å². The molecule has 0 radical (unpaired) electrons. The molecule has 0 unspecified atom stereocenters. The van der Waals surface area contributed by atoms with Crippen LogP contribution < -0.4 is 5.32 Å². The van der Waals surface area contributed by atoms with Crippen molar-refractivity contribution in [2.45, 2.75) is 27.1 Å². The van der Waals surface area contributed by atoms with E-state index in [9.17, 15) is 4.79 Å². The van der Waals surface area contributed by atoms with Crippen LogP contribution in [0.15, 0.2) is 36.7 Å². The van der Waals surface area contributed by atoms with Crippen molar-refractivity contribution in [3.63, 3.8) is 0 Å². The summed E-state index contributed by atoms with van der Waals surface area (Å²) in [6.07, 6.45) is 3.43. The molecular weight excluding hydrogens is 328 g/mol. The molecule has 3 heterocycles. The summed E-state index contributed by atoms with van der Waals surface area (Å²) in [6, 6.07) is 7.23. The van der Waals surface area contributed by atoms with Gasteiger partial charge in [-0.25, -0.2) is 4.68 Å². The molecule has 0 fully saturated rings. The number of hydrogen-bond acceptors (Lipinski definition) is 4. The van der Waals surface area contributed by atoms with Crippen molar-refractivity contribution < 1.29 is 4.79 Å². The molecule has 0 aliphatic rings. The lowest BCUT2D eigenvalue weighted by Gasteiger charge is -2.05. The van der Waals surface area contributed by atoms with Gasteiger partial charge in [-0.3, -0.25) is 14.5 Å². The lowest BCUT2D eigenvalue weighted by atomic mass is 10.3. The number of halogens is 1. The van der Waals surface area contributed by atoms with E-state index in [0.29, 0.717) is 23.9 Å². The smallest absolute Gasteiger partial charge is 0.272 e. The molecule has 0 saturated carbocycles. The van der Waals surface area contributed by atoms with Crippen molar-refractivity contribution >= 4 is 17.5 Å². The van der Waals surface area contributed by atoms with Crippen LogP contribution in [0.4, 0.5) is 0 Å². The van der Waals surface area contributed by atoms with Crippen LogP contribution in [0.2, 0.25) is 5.02 Å². The summed E-state index contributed by atoms with van der Waals surface area (Å²) in [5.74, 6) is -0.245. The van der Waals surface area contributed by atoms with Gasteiger partial charge >= 0.3 is 0 Å². The molecule has 0 aliphatic carbocycles. The Bertz CT molecular complexity index is 855. The largest absolute Gasteiger partial charge is 0.345 e. The number of rotatable bonds is 5. The molecule has 0 bridgehead atoms. The van der Waals surface area contributed by atoms with Gasteiger partial charge < -0.3 is 5.32 Å². The Morgan fingerprint density at radius 3 is 2.75 bits per heavy atom. The normalized spacial score (nSPS) is 10.8. The molecule has 7 nitrogen and oxygen atoms in total. The molecule has 3 aromatic heterocycles. The standard InChI is InChI=1S/C16H17ClN6O/c1-11-15(17)12(2)23(20-11)10-22-8-6-14(21-22)16(24)19-9-13-5-3-4-7-18-13/h3-8H,9-10H2,1-2H3,(H,19,24). The van der Waals surface area contributed by atoms with Gasteiger partial charge in [0.05, 0.1) is 28.6 Å². The molecule has 0 spiro atoms. The van der Waals surface area contributed by atoms with Crippen LogP contribution >= 0.6 is 11.6 Å². The molecule has 0 saturated heterocycles. The summed E-state index contributed by atoms with van der Waals surface area (Å²) in [4.78, 5) is 16.3. The molecule has 0 aromatic carbocycles. The van der Waals surface area contributed by atoms with Crippen LogP contribution in [0, 0.1) is 13.8 Å². The monoisotopic (exact) mass is 344 g/mol. The number of carbonyl (C=O) groups is 1. The predicted molar refractivity (Wildman–Crippen MR) is 89.7 cm³/mol. The number of hydrogen-bond donors (Lipinski definition) is 1. The van der Waals surface area contributed by atoms with E-state index in [0.717, 1.165) is 17.1 Å². The number of amides is 1. The van der Waals surface area contributed by atoms with E-state index in [4.69, 9.17) is 11.6 Å². The first-order chi connectivity index (χ1) is 11.5. The van der Waals surface area contributed by atoms with Gasteiger partial charge in [0.25, 0.3) is 5.91 Å². The summed E-state index contributed by atoms with van der Waals surface area (Å²) < 4.78 is 3.39. The molecule has 0 atom stereocenters. The lowest BCUT2D eigenvalue weighted by Crippen LogP contribution is -2.24. The second kappa shape index (κ2) is 6.84. The van der Waals surface area contributed by atoms with Gasteiger partial charge in [0.15, 0.2) is 0 Å². The van der Waals surface area contributed by atoms with Crippen LogP contribution in [0.1, 0.15) is 27.6 Å². The van der Waals surface area contributed by atoms with Crippen molar-refractivity contribution in [2.24, 2.45) is 0 Å². The van der Waals surface area contributed by atoms with Gasteiger partial charge in [0.2, 0.25) is 0 Å². The second-order valence-corrected chi connectivity index (χ2v) is 5.75. The van der Waals surface area contributed by atoms with Crippen LogP contribution in [0.25, 0.3) is 0 Å². The molecular formula is C16H17ClN6O. The summed E-state index contributed by atoms with van der Waals surface area (Å²) in [5.41, 5.74) is 2.78. The number of aryl methyl sites for hydroxylation is 1. The number of carbonyl (C=O) groups excluding carboxylic acids is 1. The van der Waals surface area contributed by atoms with Crippen molar-refractivity contribution in [1.82, 2.24) is 29.9 Å². The summed E-state index contributed by atoms with van der Waals surface area (Å²) >= 11 is 6.14. The highest BCUT2D eigenvalue weighted by atomic mass is 35.5.